The van der Waals surface area contributed by atoms with Crippen LogP contribution in [0.3, 0.4) is 0 Å². The molecule has 0 unspecified atom stereocenters. The van der Waals surface area contributed by atoms with Gasteiger partial charge in [-0.3, -0.25) is 19.2 Å². The number of amides is 4. The Hall–Kier alpha value is -2.73. The monoisotopic (exact) mass is 429 g/mol. The van der Waals surface area contributed by atoms with E-state index in [1.54, 1.807) is 13.8 Å². The molecule has 8 N–H and O–H groups in total. The predicted octanol–water partition coefficient (Wildman–Crippen LogP) is -2.73. The summed E-state index contributed by atoms with van der Waals surface area (Å²) in [5.74, 6) is -4.70. The van der Waals surface area contributed by atoms with Gasteiger partial charge in [-0.05, 0) is 25.7 Å². The van der Waals surface area contributed by atoms with Crippen LogP contribution in [0.5, 0.6) is 0 Å². The number of hydrogen-bond acceptors (Lipinski definition) is 7. The number of nitrogens with zero attached hydrogens (tertiary/aromatic N) is 1. The molecule has 170 valence electrons. The molecule has 30 heavy (non-hydrogen) atoms. The number of hydrogen-bond donors (Lipinski definition) is 6. The molecule has 1 rings (SSSR count). The predicted molar refractivity (Wildman–Crippen MR) is 105 cm³/mol. The SMILES string of the molecule is CC(C)[C@H](NC(=O)[C@@H]1CCCN1C(=O)[C@@H](N)[C@@H](C)O)C(=O)N[C@@H](CC(N)=O)C(=O)O. The fraction of sp³-hybridized carbons (Fsp3) is 0.722. The van der Waals surface area contributed by atoms with Crippen LogP contribution in [0.4, 0.5) is 0 Å². The number of nitrogens with two attached hydrogens (primary N) is 2. The molecule has 0 aromatic heterocycles. The van der Waals surface area contributed by atoms with Gasteiger partial charge < -0.3 is 37.2 Å². The maximum Gasteiger partial charge on any atom is 0.326 e. The van der Waals surface area contributed by atoms with E-state index in [2.05, 4.69) is 10.6 Å². The standard InChI is InChI=1S/C18H31N5O7/c1-8(2)14(16(27)21-10(18(29)30)7-12(19)25)22-15(26)11-5-4-6-23(11)17(28)13(20)9(3)24/h8-11,13-14,24H,4-7,20H2,1-3H3,(H2,19,25)(H,21,27)(H,22,26)(H,29,30)/t9-,10+,11+,13+,14+/m1/s1. The Morgan fingerprint density at radius 3 is 2.20 bits per heavy atom. The summed E-state index contributed by atoms with van der Waals surface area (Å²) in [4.78, 5) is 61.4. The van der Waals surface area contributed by atoms with Crippen molar-refractivity contribution in [3.63, 3.8) is 0 Å². The first-order valence-electron chi connectivity index (χ1n) is 9.72. The Balaban J connectivity index is 2.90. The van der Waals surface area contributed by atoms with Crippen molar-refractivity contribution in [2.24, 2.45) is 17.4 Å². The smallest absolute Gasteiger partial charge is 0.326 e. The van der Waals surface area contributed by atoms with Gasteiger partial charge in [0.25, 0.3) is 0 Å². The van der Waals surface area contributed by atoms with Gasteiger partial charge in [0.05, 0.1) is 12.5 Å². The van der Waals surface area contributed by atoms with E-state index in [0.717, 1.165) is 0 Å². The third-order valence-electron chi connectivity index (χ3n) is 4.91. The molecule has 1 saturated heterocycles. The fourth-order valence-electron chi connectivity index (χ4n) is 3.15. The summed E-state index contributed by atoms with van der Waals surface area (Å²) in [5.41, 5.74) is 10.7. The van der Waals surface area contributed by atoms with Gasteiger partial charge in [0.1, 0.15) is 24.2 Å². The number of carboxylic acid groups (broad SMARTS) is 1. The second-order valence-electron chi connectivity index (χ2n) is 7.76. The molecule has 12 heteroatoms. The number of primary amides is 1. The highest BCUT2D eigenvalue weighted by atomic mass is 16.4. The minimum atomic E-state index is -1.53. The molecular formula is C18H31N5O7. The van der Waals surface area contributed by atoms with Crippen molar-refractivity contribution in [1.82, 2.24) is 15.5 Å². The summed E-state index contributed by atoms with van der Waals surface area (Å²) in [6.45, 7) is 4.96. The summed E-state index contributed by atoms with van der Waals surface area (Å²) in [5, 5.41) is 23.5. The van der Waals surface area contributed by atoms with Crippen molar-refractivity contribution in [3.05, 3.63) is 0 Å². The first-order valence-corrected chi connectivity index (χ1v) is 9.72. The maximum absolute atomic E-state index is 12.8. The highest BCUT2D eigenvalue weighted by molar-refractivity contribution is 5.95. The first-order chi connectivity index (χ1) is 13.9. The third kappa shape index (κ3) is 6.66. The summed E-state index contributed by atoms with van der Waals surface area (Å²) >= 11 is 0. The lowest BCUT2D eigenvalue weighted by molar-refractivity contribution is -0.144. The zero-order valence-corrected chi connectivity index (χ0v) is 17.3. The van der Waals surface area contributed by atoms with Gasteiger partial charge >= 0.3 is 5.97 Å². The summed E-state index contributed by atoms with van der Waals surface area (Å²) in [6.07, 6.45) is -0.777. The van der Waals surface area contributed by atoms with Gasteiger partial charge in [-0.1, -0.05) is 13.8 Å². The van der Waals surface area contributed by atoms with E-state index in [-0.39, 0.29) is 6.54 Å². The molecule has 1 fully saturated rings. The van der Waals surface area contributed by atoms with Crippen LogP contribution < -0.4 is 22.1 Å². The zero-order chi connectivity index (χ0) is 23.2. The van der Waals surface area contributed by atoms with Crippen LogP contribution in [0.15, 0.2) is 0 Å². The Morgan fingerprint density at radius 2 is 1.73 bits per heavy atom. The van der Waals surface area contributed by atoms with Crippen LogP contribution in [-0.2, 0) is 24.0 Å². The minimum Gasteiger partial charge on any atom is -0.480 e. The molecule has 0 saturated carbocycles. The summed E-state index contributed by atoms with van der Waals surface area (Å²) in [7, 11) is 0. The maximum atomic E-state index is 12.8. The second-order valence-corrected chi connectivity index (χ2v) is 7.76. The van der Waals surface area contributed by atoms with E-state index >= 15 is 0 Å². The Bertz CT molecular complexity index is 682. The molecule has 0 spiro atoms. The lowest BCUT2D eigenvalue weighted by Gasteiger charge is -2.30. The second kappa shape index (κ2) is 10.9. The number of aliphatic carboxylic acids is 1. The Labute approximate surface area is 174 Å². The minimum absolute atomic E-state index is 0.287. The molecular weight excluding hydrogens is 398 g/mol. The molecule has 0 bridgehead atoms. The molecule has 0 aromatic rings. The summed E-state index contributed by atoms with van der Waals surface area (Å²) < 4.78 is 0. The molecule has 5 atom stereocenters. The average molecular weight is 429 g/mol. The molecule has 0 radical (unpaired) electrons. The molecule has 12 nitrogen and oxygen atoms in total. The normalized spacial score (nSPS) is 20.2. The van der Waals surface area contributed by atoms with E-state index in [1.165, 1.54) is 11.8 Å². The number of rotatable bonds is 10. The Morgan fingerprint density at radius 1 is 1.13 bits per heavy atom. The number of aliphatic hydroxyl groups excluding tert-OH is 1. The number of nitrogens with one attached hydrogen (secondary N) is 2. The van der Waals surface area contributed by atoms with E-state index in [1.807, 2.05) is 0 Å². The van der Waals surface area contributed by atoms with Gasteiger partial charge in [0.2, 0.25) is 23.6 Å². The number of carbonyl (C=O) groups excluding carboxylic acids is 4. The van der Waals surface area contributed by atoms with Crippen LogP contribution in [0.1, 0.15) is 40.0 Å². The van der Waals surface area contributed by atoms with Gasteiger partial charge in [-0.15, -0.1) is 0 Å². The molecule has 0 aliphatic carbocycles. The van der Waals surface area contributed by atoms with Crippen molar-refractivity contribution in [2.45, 2.75) is 70.3 Å². The van der Waals surface area contributed by atoms with E-state index in [0.29, 0.717) is 12.8 Å². The van der Waals surface area contributed by atoms with Gasteiger partial charge in [-0.25, -0.2) is 4.79 Å². The number of carboxylic acids is 1. The van der Waals surface area contributed by atoms with Crippen molar-refractivity contribution in [1.29, 1.82) is 0 Å². The molecule has 0 aromatic carbocycles. The van der Waals surface area contributed by atoms with Crippen LogP contribution in [0, 0.1) is 5.92 Å². The van der Waals surface area contributed by atoms with E-state index in [9.17, 15) is 29.1 Å². The van der Waals surface area contributed by atoms with Crippen LogP contribution in [0.2, 0.25) is 0 Å². The van der Waals surface area contributed by atoms with Crippen molar-refractivity contribution >= 4 is 29.6 Å². The first kappa shape index (κ1) is 25.3. The number of aliphatic hydroxyl groups is 1. The highest BCUT2D eigenvalue weighted by Gasteiger charge is 2.39. The van der Waals surface area contributed by atoms with Crippen LogP contribution in [-0.4, -0.2) is 81.5 Å². The highest BCUT2D eigenvalue weighted by Crippen LogP contribution is 2.19. The van der Waals surface area contributed by atoms with Crippen LogP contribution in [0.25, 0.3) is 0 Å². The van der Waals surface area contributed by atoms with Crippen LogP contribution >= 0.6 is 0 Å². The molecule has 1 aliphatic rings. The largest absolute Gasteiger partial charge is 0.480 e. The lowest BCUT2D eigenvalue weighted by Crippen LogP contribution is -2.59. The average Bonchev–Trinajstić information content (AvgIpc) is 3.12. The van der Waals surface area contributed by atoms with Crippen molar-refractivity contribution in [2.75, 3.05) is 6.54 Å². The topological polar surface area (TPSA) is 205 Å². The number of carbonyl (C=O) groups is 5. The van der Waals surface area contributed by atoms with Crippen molar-refractivity contribution < 1.29 is 34.2 Å². The molecule has 4 amide bonds. The molecule has 1 heterocycles. The fourth-order valence-corrected chi connectivity index (χ4v) is 3.15. The van der Waals surface area contributed by atoms with Crippen molar-refractivity contribution in [3.8, 4) is 0 Å². The Kier molecular flexibility index (Phi) is 9.18. The quantitative estimate of drug-likeness (QED) is 0.214. The van der Waals surface area contributed by atoms with Gasteiger partial charge in [-0.2, -0.15) is 0 Å². The third-order valence-corrected chi connectivity index (χ3v) is 4.91. The number of likely N-dealkylation sites (tertiary alicyclic amines) is 1. The van der Waals surface area contributed by atoms with E-state index < -0.39 is 72.2 Å². The lowest BCUT2D eigenvalue weighted by atomic mass is 10.0. The van der Waals surface area contributed by atoms with E-state index in [4.69, 9.17) is 16.6 Å². The van der Waals surface area contributed by atoms with Gasteiger partial charge in [0.15, 0.2) is 0 Å². The van der Waals surface area contributed by atoms with Gasteiger partial charge in [0, 0.05) is 6.54 Å². The molecule has 1 aliphatic heterocycles. The summed E-state index contributed by atoms with van der Waals surface area (Å²) in [6, 6.07) is -4.66. The zero-order valence-electron chi connectivity index (χ0n) is 17.3.